The molecule has 5 nitrogen and oxygen atoms in total. The topological polar surface area (TPSA) is 55.2 Å². The lowest BCUT2D eigenvalue weighted by Gasteiger charge is -2.26. The summed E-state index contributed by atoms with van der Waals surface area (Å²) >= 11 is 6.02. The zero-order valence-electron chi connectivity index (χ0n) is 13.3. The molecule has 0 fully saturated rings. The number of hydrogen-bond donors (Lipinski definition) is 0. The van der Waals surface area contributed by atoms with E-state index in [-0.39, 0.29) is 17.3 Å². The third kappa shape index (κ3) is 3.19. The number of hydrogen-bond acceptors (Lipinski definition) is 3. The molecule has 2 heterocycles. The van der Waals surface area contributed by atoms with Gasteiger partial charge in [0.05, 0.1) is 18.6 Å². The van der Waals surface area contributed by atoms with E-state index in [1.807, 2.05) is 0 Å². The summed E-state index contributed by atoms with van der Waals surface area (Å²) in [4.78, 5) is 30.0. The van der Waals surface area contributed by atoms with Crippen LogP contribution in [0.4, 0.5) is 4.39 Å². The first-order valence-electron chi connectivity index (χ1n) is 7.73. The van der Waals surface area contributed by atoms with Gasteiger partial charge in [0.25, 0.3) is 5.56 Å². The third-order valence-corrected chi connectivity index (χ3v) is 4.66. The number of aromatic nitrogens is 2. The van der Waals surface area contributed by atoms with E-state index in [1.165, 1.54) is 23.9 Å². The van der Waals surface area contributed by atoms with Crippen LogP contribution >= 0.6 is 11.6 Å². The van der Waals surface area contributed by atoms with E-state index in [4.69, 9.17) is 11.6 Å². The first kappa shape index (κ1) is 16.6. The summed E-state index contributed by atoms with van der Waals surface area (Å²) in [6.07, 6.45) is 2.26. The van der Waals surface area contributed by atoms with E-state index in [0.717, 1.165) is 0 Å². The van der Waals surface area contributed by atoms with E-state index in [0.29, 0.717) is 54.3 Å². The quantitative estimate of drug-likeness (QED) is 0.853. The fourth-order valence-corrected chi connectivity index (χ4v) is 3.15. The minimum absolute atomic E-state index is 0.0270. The Morgan fingerprint density at radius 2 is 2.21 bits per heavy atom. The highest BCUT2D eigenvalue weighted by atomic mass is 35.5. The van der Waals surface area contributed by atoms with Crippen molar-refractivity contribution < 1.29 is 9.18 Å². The lowest BCUT2D eigenvalue weighted by atomic mass is 10.1. The number of carbonyl (C=O) groups is 1. The Hall–Kier alpha value is -2.21. The van der Waals surface area contributed by atoms with Crippen molar-refractivity contribution in [2.75, 3.05) is 6.54 Å². The Bertz CT molecular complexity index is 830. The fraction of sp³-hybridized carbons (Fsp3) is 0.353. The molecule has 0 radical (unpaired) electrons. The number of nitrogens with zero attached hydrogens (tertiary/aromatic N) is 3. The molecule has 1 aromatic carbocycles. The van der Waals surface area contributed by atoms with E-state index >= 15 is 0 Å². The lowest BCUT2D eigenvalue weighted by Crippen LogP contribution is -2.39. The largest absolute Gasteiger partial charge is 0.337 e. The normalized spacial score (nSPS) is 13.7. The molecule has 3 rings (SSSR count). The van der Waals surface area contributed by atoms with Crippen LogP contribution in [0.5, 0.6) is 0 Å². The van der Waals surface area contributed by atoms with Crippen molar-refractivity contribution in [1.29, 1.82) is 0 Å². The van der Waals surface area contributed by atoms with Crippen molar-refractivity contribution in [3.8, 4) is 0 Å². The summed E-state index contributed by atoms with van der Waals surface area (Å²) in [6, 6.07) is 4.53. The summed E-state index contributed by atoms with van der Waals surface area (Å²) in [7, 11) is 0. The van der Waals surface area contributed by atoms with Crippen LogP contribution in [-0.2, 0) is 30.7 Å². The maximum absolute atomic E-state index is 13.8. The van der Waals surface area contributed by atoms with Gasteiger partial charge >= 0.3 is 0 Å². The Balaban J connectivity index is 1.82. The molecular weight excluding hydrogens is 333 g/mol. The van der Waals surface area contributed by atoms with Crippen LogP contribution in [-0.4, -0.2) is 26.9 Å². The van der Waals surface area contributed by atoms with Gasteiger partial charge in [0.15, 0.2) is 0 Å². The van der Waals surface area contributed by atoms with Gasteiger partial charge in [-0.1, -0.05) is 17.7 Å². The van der Waals surface area contributed by atoms with E-state index in [1.54, 1.807) is 17.0 Å². The van der Waals surface area contributed by atoms with Crippen LogP contribution in [0.1, 0.15) is 23.7 Å². The molecule has 2 aromatic rings. The second-order valence-electron chi connectivity index (χ2n) is 5.81. The summed E-state index contributed by atoms with van der Waals surface area (Å²) in [6.45, 7) is 2.68. The molecule has 0 unspecified atom stereocenters. The number of aryl methyl sites for hydroxylation is 1. The maximum Gasteiger partial charge on any atom is 0.256 e. The van der Waals surface area contributed by atoms with Crippen molar-refractivity contribution in [3.63, 3.8) is 0 Å². The van der Waals surface area contributed by atoms with Crippen molar-refractivity contribution in [3.05, 3.63) is 62.5 Å². The molecule has 0 N–H and O–H groups in total. The number of carbonyl (C=O) groups excluding carboxylic acids is 1. The second-order valence-corrected chi connectivity index (χ2v) is 6.22. The highest BCUT2D eigenvalue weighted by molar-refractivity contribution is 6.31. The Morgan fingerprint density at radius 3 is 2.92 bits per heavy atom. The number of halogens is 2. The predicted molar refractivity (Wildman–Crippen MR) is 88.4 cm³/mol. The molecule has 24 heavy (non-hydrogen) atoms. The van der Waals surface area contributed by atoms with Crippen LogP contribution in [0.15, 0.2) is 29.3 Å². The number of benzene rings is 1. The van der Waals surface area contributed by atoms with E-state index in [9.17, 15) is 14.0 Å². The van der Waals surface area contributed by atoms with Gasteiger partial charge in [0.1, 0.15) is 5.82 Å². The lowest BCUT2D eigenvalue weighted by molar-refractivity contribution is -0.129. The predicted octanol–water partition coefficient (Wildman–Crippen LogP) is 2.18. The average molecular weight is 350 g/mol. The summed E-state index contributed by atoms with van der Waals surface area (Å²) in [5, 5.41) is 0.353. The third-order valence-electron chi connectivity index (χ3n) is 4.30. The second kappa shape index (κ2) is 6.73. The first-order chi connectivity index (χ1) is 11.5. The van der Waals surface area contributed by atoms with E-state index < -0.39 is 0 Å². The summed E-state index contributed by atoms with van der Waals surface area (Å²) < 4.78 is 15.3. The standard InChI is InChI=1S/C17H17ClFN3O2/c1-11(23)21-7-6-13-16(9-21)20-10-22(17(13)24)8-5-12-14(18)3-2-4-15(12)19/h2-4,10H,5-9H2,1H3. The minimum Gasteiger partial charge on any atom is -0.337 e. The number of amides is 1. The van der Waals surface area contributed by atoms with Gasteiger partial charge in [-0.05, 0) is 25.0 Å². The Kier molecular flexibility index (Phi) is 4.66. The average Bonchev–Trinajstić information content (AvgIpc) is 2.56. The first-order valence-corrected chi connectivity index (χ1v) is 8.10. The molecule has 0 atom stereocenters. The van der Waals surface area contributed by atoms with Gasteiger partial charge in [-0.25, -0.2) is 9.37 Å². The van der Waals surface area contributed by atoms with Crippen LogP contribution in [0.3, 0.4) is 0 Å². The number of rotatable bonds is 3. The SMILES string of the molecule is CC(=O)N1CCc2c(ncn(CCc3c(F)cccc3Cl)c2=O)C1. The zero-order valence-corrected chi connectivity index (χ0v) is 14.0. The van der Waals surface area contributed by atoms with Crippen molar-refractivity contribution in [1.82, 2.24) is 14.5 Å². The molecule has 0 bridgehead atoms. The molecule has 0 aliphatic carbocycles. The van der Waals surface area contributed by atoms with Gasteiger partial charge in [0.2, 0.25) is 5.91 Å². The van der Waals surface area contributed by atoms with Gasteiger partial charge < -0.3 is 4.90 Å². The highest BCUT2D eigenvalue weighted by Crippen LogP contribution is 2.20. The van der Waals surface area contributed by atoms with Crippen LogP contribution in [0.2, 0.25) is 5.02 Å². The smallest absolute Gasteiger partial charge is 0.256 e. The highest BCUT2D eigenvalue weighted by Gasteiger charge is 2.22. The van der Waals surface area contributed by atoms with Gasteiger partial charge in [-0.2, -0.15) is 0 Å². The molecule has 126 valence electrons. The molecule has 1 aromatic heterocycles. The number of fused-ring (bicyclic) bond motifs is 1. The minimum atomic E-state index is -0.376. The van der Waals surface area contributed by atoms with Crippen molar-refractivity contribution >= 4 is 17.5 Å². The van der Waals surface area contributed by atoms with Gasteiger partial charge in [0, 0.05) is 36.2 Å². The Labute approximate surface area is 143 Å². The van der Waals surface area contributed by atoms with Crippen LogP contribution in [0.25, 0.3) is 0 Å². The molecule has 1 amide bonds. The molecule has 0 spiro atoms. The van der Waals surface area contributed by atoms with Gasteiger partial charge in [-0.3, -0.25) is 14.2 Å². The molecule has 0 saturated heterocycles. The molecule has 1 aliphatic rings. The summed E-state index contributed by atoms with van der Waals surface area (Å²) in [5.74, 6) is -0.403. The zero-order chi connectivity index (χ0) is 17.3. The molecule has 1 aliphatic heterocycles. The van der Waals surface area contributed by atoms with Crippen LogP contribution < -0.4 is 5.56 Å². The maximum atomic E-state index is 13.8. The fourth-order valence-electron chi connectivity index (χ4n) is 2.89. The molecular formula is C17H17ClFN3O2. The van der Waals surface area contributed by atoms with Gasteiger partial charge in [-0.15, -0.1) is 0 Å². The molecule has 0 saturated carbocycles. The van der Waals surface area contributed by atoms with Crippen molar-refractivity contribution in [2.45, 2.75) is 32.9 Å². The Morgan fingerprint density at radius 1 is 1.42 bits per heavy atom. The van der Waals surface area contributed by atoms with E-state index in [2.05, 4.69) is 4.98 Å². The summed E-state index contributed by atoms with van der Waals surface area (Å²) in [5.41, 5.74) is 1.54. The van der Waals surface area contributed by atoms with Crippen LogP contribution in [0, 0.1) is 5.82 Å². The molecule has 7 heteroatoms. The monoisotopic (exact) mass is 349 g/mol. The van der Waals surface area contributed by atoms with Crippen molar-refractivity contribution in [2.24, 2.45) is 0 Å².